The van der Waals surface area contributed by atoms with Gasteiger partial charge in [0.1, 0.15) is 0 Å². The molecule has 24 heavy (non-hydrogen) atoms. The van der Waals surface area contributed by atoms with E-state index in [-0.39, 0.29) is 17.9 Å². The molecular formula is C16H21N5O2S. The quantitative estimate of drug-likeness (QED) is 0.558. The van der Waals surface area contributed by atoms with Crippen molar-refractivity contribution in [1.82, 2.24) is 25.5 Å². The van der Waals surface area contributed by atoms with Crippen molar-refractivity contribution < 1.29 is 4.79 Å². The van der Waals surface area contributed by atoms with Crippen LogP contribution in [-0.2, 0) is 30.6 Å². The third-order valence-electron chi connectivity index (χ3n) is 4.33. The Morgan fingerprint density at radius 3 is 2.88 bits per heavy atom. The van der Waals surface area contributed by atoms with Gasteiger partial charge in [-0.25, -0.2) is 4.98 Å². The zero-order valence-corrected chi connectivity index (χ0v) is 14.7. The number of nitrogens with one attached hydrogen (secondary N) is 3. The lowest BCUT2D eigenvalue weighted by Crippen LogP contribution is -2.29. The molecule has 1 amide bonds. The molecule has 0 unspecified atom stereocenters. The molecule has 0 aliphatic heterocycles. The molecular weight excluding hydrogens is 326 g/mol. The maximum Gasteiger partial charge on any atom is 0.255 e. The molecule has 3 rings (SSSR count). The lowest BCUT2D eigenvalue weighted by molar-refractivity contribution is -0.120. The Morgan fingerprint density at radius 1 is 1.33 bits per heavy atom. The van der Waals surface area contributed by atoms with Crippen molar-refractivity contribution in [2.45, 2.75) is 50.7 Å². The van der Waals surface area contributed by atoms with E-state index in [0.717, 1.165) is 25.0 Å². The number of rotatable bonds is 5. The first kappa shape index (κ1) is 16.8. The third-order valence-corrected chi connectivity index (χ3v) is 4.91. The number of thioether (sulfide) groups is 1. The number of carbonyl (C=O) groups is 1. The molecule has 0 spiro atoms. The predicted octanol–water partition coefficient (Wildman–Crippen LogP) is 1.26. The number of carbonyl (C=O) groups excluding carboxylic acids is 1. The number of fused-ring (bicyclic) bond motifs is 1. The summed E-state index contributed by atoms with van der Waals surface area (Å²) in [6.07, 6.45) is 6.25. The molecule has 0 bridgehead atoms. The van der Waals surface area contributed by atoms with Gasteiger partial charge in [0.05, 0.1) is 18.7 Å². The number of hydrogen-bond acceptors (Lipinski definition) is 5. The van der Waals surface area contributed by atoms with Crippen LogP contribution in [0.4, 0.5) is 0 Å². The van der Waals surface area contributed by atoms with Gasteiger partial charge in [-0.05, 0) is 44.4 Å². The number of hydrogen-bond donors (Lipinski definition) is 3. The van der Waals surface area contributed by atoms with E-state index < -0.39 is 0 Å². The van der Waals surface area contributed by atoms with Gasteiger partial charge in [0.2, 0.25) is 5.91 Å². The van der Waals surface area contributed by atoms with Crippen LogP contribution in [-0.4, -0.2) is 32.3 Å². The van der Waals surface area contributed by atoms with Crippen LogP contribution in [0.5, 0.6) is 0 Å². The summed E-state index contributed by atoms with van der Waals surface area (Å²) in [5, 5.41) is 10.8. The van der Waals surface area contributed by atoms with Gasteiger partial charge in [0.15, 0.2) is 5.16 Å². The fraction of sp³-hybridized carbons (Fsp3) is 0.500. The van der Waals surface area contributed by atoms with Crippen molar-refractivity contribution in [3.63, 3.8) is 0 Å². The summed E-state index contributed by atoms with van der Waals surface area (Å²) in [6, 6.07) is 0. The van der Waals surface area contributed by atoms with Gasteiger partial charge in [0, 0.05) is 17.0 Å². The topological polar surface area (TPSA) is 104 Å². The van der Waals surface area contributed by atoms with Crippen molar-refractivity contribution in [3.05, 3.63) is 38.6 Å². The highest BCUT2D eigenvalue weighted by Crippen LogP contribution is 2.21. The minimum Gasteiger partial charge on any atom is -0.350 e. The van der Waals surface area contributed by atoms with Crippen LogP contribution in [0.1, 0.15) is 41.1 Å². The second kappa shape index (κ2) is 7.21. The molecule has 2 heterocycles. The largest absolute Gasteiger partial charge is 0.350 e. The van der Waals surface area contributed by atoms with E-state index in [9.17, 15) is 9.59 Å². The van der Waals surface area contributed by atoms with Crippen molar-refractivity contribution in [2.24, 2.45) is 0 Å². The highest BCUT2D eigenvalue weighted by atomic mass is 32.2. The van der Waals surface area contributed by atoms with Gasteiger partial charge in [0.25, 0.3) is 5.56 Å². The highest BCUT2D eigenvalue weighted by molar-refractivity contribution is 7.98. The third kappa shape index (κ3) is 3.53. The molecule has 0 atom stereocenters. The van der Waals surface area contributed by atoms with E-state index in [2.05, 4.69) is 25.5 Å². The Hall–Kier alpha value is -2.09. The lowest BCUT2D eigenvalue weighted by Gasteiger charge is -2.11. The molecule has 1 aliphatic rings. The van der Waals surface area contributed by atoms with Crippen LogP contribution in [0.3, 0.4) is 0 Å². The van der Waals surface area contributed by atoms with Crippen LogP contribution in [0.25, 0.3) is 0 Å². The minimum atomic E-state index is -0.251. The normalized spacial score (nSPS) is 13.6. The summed E-state index contributed by atoms with van der Waals surface area (Å²) in [6.45, 7) is 2.14. The van der Waals surface area contributed by atoms with E-state index in [4.69, 9.17) is 0 Å². The second-order valence-corrected chi connectivity index (χ2v) is 6.72. The van der Waals surface area contributed by atoms with Gasteiger partial charge in [-0.1, -0.05) is 11.8 Å². The Bertz CT molecular complexity index is 811. The van der Waals surface area contributed by atoms with E-state index in [1.807, 2.05) is 6.26 Å². The monoisotopic (exact) mass is 347 g/mol. The standard InChI is InChI=1S/C16H21N5O2S/c1-9-11(15(23)19-16(18-9)24-2)7-14(22)17-8-13-10-5-3-4-6-12(10)20-21-13/h3-8H2,1-2H3,(H,17,22)(H,20,21)(H,18,19,23). The first-order chi connectivity index (χ1) is 11.6. The number of aromatic amines is 2. The first-order valence-corrected chi connectivity index (χ1v) is 9.26. The van der Waals surface area contributed by atoms with Crippen LogP contribution < -0.4 is 10.9 Å². The van der Waals surface area contributed by atoms with Crippen molar-refractivity contribution in [3.8, 4) is 0 Å². The maximum atomic E-state index is 12.2. The minimum absolute atomic E-state index is 0.0233. The highest BCUT2D eigenvalue weighted by Gasteiger charge is 2.18. The van der Waals surface area contributed by atoms with Gasteiger partial charge >= 0.3 is 0 Å². The lowest BCUT2D eigenvalue weighted by atomic mass is 9.96. The predicted molar refractivity (Wildman–Crippen MR) is 92.2 cm³/mol. The number of amides is 1. The smallest absolute Gasteiger partial charge is 0.255 e. The molecule has 128 valence electrons. The van der Waals surface area contributed by atoms with Crippen molar-refractivity contribution >= 4 is 17.7 Å². The van der Waals surface area contributed by atoms with Crippen LogP contribution in [0, 0.1) is 6.92 Å². The zero-order chi connectivity index (χ0) is 17.1. The zero-order valence-electron chi connectivity index (χ0n) is 13.9. The second-order valence-electron chi connectivity index (χ2n) is 5.93. The maximum absolute atomic E-state index is 12.2. The SMILES string of the molecule is CSc1nc(C)c(CC(=O)NCc2n[nH]c3c2CCCC3)c(=O)[nH]1. The van der Waals surface area contributed by atoms with Crippen LogP contribution in [0.2, 0.25) is 0 Å². The summed E-state index contributed by atoms with van der Waals surface area (Å²) < 4.78 is 0. The van der Waals surface area contributed by atoms with E-state index in [0.29, 0.717) is 23.0 Å². The molecule has 2 aromatic rings. The summed E-state index contributed by atoms with van der Waals surface area (Å²) in [4.78, 5) is 31.2. The van der Waals surface area contributed by atoms with Gasteiger partial charge in [-0.2, -0.15) is 5.10 Å². The molecule has 2 aromatic heterocycles. The summed E-state index contributed by atoms with van der Waals surface area (Å²) in [5.41, 5.74) is 4.08. The summed E-state index contributed by atoms with van der Waals surface area (Å²) in [7, 11) is 0. The number of aromatic nitrogens is 4. The Balaban J connectivity index is 1.64. The molecule has 1 aliphatic carbocycles. The molecule has 8 heteroatoms. The molecule has 0 radical (unpaired) electrons. The van der Waals surface area contributed by atoms with E-state index in [1.165, 1.54) is 29.4 Å². The van der Waals surface area contributed by atoms with Crippen LogP contribution in [0.15, 0.2) is 9.95 Å². The van der Waals surface area contributed by atoms with E-state index >= 15 is 0 Å². The Morgan fingerprint density at radius 2 is 2.12 bits per heavy atom. The van der Waals surface area contributed by atoms with E-state index in [1.54, 1.807) is 6.92 Å². The fourth-order valence-electron chi connectivity index (χ4n) is 2.99. The summed E-state index contributed by atoms with van der Waals surface area (Å²) in [5.74, 6) is -0.199. The molecule has 7 nitrogen and oxygen atoms in total. The first-order valence-electron chi connectivity index (χ1n) is 8.04. The number of H-pyrrole nitrogens is 2. The van der Waals surface area contributed by atoms with Gasteiger partial charge in [-0.15, -0.1) is 0 Å². The molecule has 3 N–H and O–H groups in total. The molecule has 0 aromatic carbocycles. The van der Waals surface area contributed by atoms with Gasteiger partial charge < -0.3 is 10.3 Å². The molecule has 0 saturated heterocycles. The van der Waals surface area contributed by atoms with Gasteiger partial charge in [-0.3, -0.25) is 14.7 Å². The number of aryl methyl sites for hydroxylation is 2. The average Bonchev–Trinajstić information content (AvgIpc) is 2.99. The number of nitrogens with zero attached hydrogens (tertiary/aromatic N) is 2. The average molecular weight is 347 g/mol. The molecule has 0 fully saturated rings. The Kier molecular flexibility index (Phi) is 5.03. The van der Waals surface area contributed by atoms with Crippen LogP contribution >= 0.6 is 11.8 Å². The fourth-order valence-corrected chi connectivity index (χ4v) is 3.41. The van der Waals surface area contributed by atoms with Crippen molar-refractivity contribution in [2.75, 3.05) is 6.26 Å². The van der Waals surface area contributed by atoms with Crippen molar-refractivity contribution in [1.29, 1.82) is 0 Å². The molecule has 0 saturated carbocycles. The Labute approximate surface area is 144 Å². The summed E-state index contributed by atoms with van der Waals surface area (Å²) >= 11 is 1.37.